The van der Waals surface area contributed by atoms with Gasteiger partial charge in [-0.2, -0.15) is 0 Å². The molecule has 4 N–H and O–H groups in total. The van der Waals surface area contributed by atoms with Gasteiger partial charge in [0.25, 0.3) is 0 Å². The number of carboxylic acid groups (broad SMARTS) is 2. The van der Waals surface area contributed by atoms with Crippen LogP contribution in [0.25, 0.3) is 0 Å². The molecular weight excluding hydrogens is 190 g/mol. The smallest absolute Gasteiger partial charge is 0.372 e. The fourth-order valence-electron chi connectivity index (χ4n) is 0.880. The molecule has 0 saturated carbocycles. The predicted octanol–water partition coefficient (Wildman–Crippen LogP) is -0.388. The third-order valence-electron chi connectivity index (χ3n) is 1.72. The van der Waals surface area contributed by atoms with Gasteiger partial charge >= 0.3 is 11.9 Å². The van der Waals surface area contributed by atoms with E-state index in [1.807, 2.05) is 0 Å². The molecule has 0 radical (unpaired) electrons. The second kappa shape index (κ2) is 6.09. The van der Waals surface area contributed by atoms with Gasteiger partial charge in [-0.25, -0.2) is 4.79 Å². The Kier molecular flexibility index (Phi) is 5.47. The number of aliphatic carboxylic acids is 2. The summed E-state index contributed by atoms with van der Waals surface area (Å²) in [4.78, 5) is 30.9. The molecule has 1 unspecified atom stereocenters. The Morgan fingerprint density at radius 3 is 2.14 bits per heavy atom. The number of nitrogens with two attached hydrogens (primary N) is 1. The Balaban J connectivity index is 3.52. The third kappa shape index (κ3) is 5.26. The fourth-order valence-corrected chi connectivity index (χ4v) is 0.880. The highest BCUT2D eigenvalue weighted by atomic mass is 16.4. The molecule has 6 nitrogen and oxygen atoms in total. The van der Waals surface area contributed by atoms with Crippen molar-refractivity contribution < 1.29 is 24.6 Å². The zero-order valence-corrected chi connectivity index (χ0v) is 7.60. The highest BCUT2D eigenvalue weighted by molar-refractivity contribution is 6.32. The predicted molar refractivity (Wildman–Crippen MR) is 46.7 cm³/mol. The summed E-state index contributed by atoms with van der Waals surface area (Å²) in [6.45, 7) is 0. The molecule has 6 heteroatoms. The molecule has 0 aliphatic heterocycles. The van der Waals surface area contributed by atoms with Gasteiger partial charge in [0.15, 0.2) is 0 Å². The molecule has 0 spiro atoms. The molecule has 80 valence electrons. The molecule has 0 aromatic heterocycles. The van der Waals surface area contributed by atoms with Crippen LogP contribution in [-0.4, -0.2) is 34.0 Å². The van der Waals surface area contributed by atoms with E-state index in [1.54, 1.807) is 0 Å². The maximum absolute atomic E-state index is 10.6. The van der Waals surface area contributed by atoms with Gasteiger partial charge in [-0.1, -0.05) is 6.42 Å². The van der Waals surface area contributed by atoms with E-state index in [4.69, 9.17) is 15.9 Å². The van der Waals surface area contributed by atoms with E-state index < -0.39 is 23.8 Å². The molecule has 0 aliphatic rings. The number of carbonyl (C=O) groups excluding carboxylic acids is 1. The van der Waals surface area contributed by atoms with Gasteiger partial charge in [-0.05, 0) is 12.8 Å². The number of carbonyl (C=O) groups is 3. The van der Waals surface area contributed by atoms with Gasteiger partial charge in [0.1, 0.15) is 6.04 Å². The molecule has 0 aromatic carbocycles. The van der Waals surface area contributed by atoms with Crippen molar-refractivity contribution in [3.8, 4) is 0 Å². The second-order valence-corrected chi connectivity index (χ2v) is 2.92. The topological polar surface area (TPSA) is 118 Å². The van der Waals surface area contributed by atoms with Crippen LogP contribution in [0.2, 0.25) is 0 Å². The van der Waals surface area contributed by atoms with Gasteiger partial charge < -0.3 is 15.9 Å². The number of hydrogen-bond acceptors (Lipinski definition) is 4. The summed E-state index contributed by atoms with van der Waals surface area (Å²) in [6.07, 6.45) is 0.975. The lowest BCUT2D eigenvalue weighted by atomic mass is 10.1. The van der Waals surface area contributed by atoms with Crippen molar-refractivity contribution in [2.24, 2.45) is 5.73 Å². The molecule has 0 bridgehead atoms. The first-order valence-electron chi connectivity index (χ1n) is 4.19. The van der Waals surface area contributed by atoms with Gasteiger partial charge in [0, 0.05) is 6.42 Å². The standard InChI is InChI=1S/C8H13NO5/c9-5(7(11)12)3-1-2-4-6(10)8(13)14/h5H,1-4,9H2,(H,11,12)(H,13,14). The molecule has 0 aromatic rings. The zero-order valence-electron chi connectivity index (χ0n) is 7.60. The van der Waals surface area contributed by atoms with Crippen LogP contribution in [0, 0.1) is 0 Å². The van der Waals surface area contributed by atoms with Crippen LogP contribution in [0.3, 0.4) is 0 Å². The summed E-state index contributed by atoms with van der Waals surface area (Å²) in [5.41, 5.74) is 5.19. The lowest BCUT2D eigenvalue weighted by Gasteiger charge is -2.04. The maximum atomic E-state index is 10.6. The average Bonchev–Trinajstić information content (AvgIpc) is 2.11. The third-order valence-corrected chi connectivity index (χ3v) is 1.72. The molecule has 0 amide bonds. The van der Waals surface area contributed by atoms with Crippen LogP contribution in [-0.2, 0) is 14.4 Å². The van der Waals surface area contributed by atoms with Gasteiger partial charge in [0.05, 0.1) is 0 Å². The van der Waals surface area contributed by atoms with E-state index in [-0.39, 0.29) is 12.8 Å². The summed E-state index contributed by atoms with van der Waals surface area (Å²) in [6, 6.07) is -0.935. The molecule has 0 rings (SSSR count). The van der Waals surface area contributed by atoms with Crippen molar-refractivity contribution in [2.75, 3.05) is 0 Å². The number of rotatable bonds is 7. The quantitative estimate of drug-likeness (QED) is 0.383. The maximum Gasteiger partial charge on any atom is 0.372 e. The Morgan fingerprint density at radius 1 is 1.14 bits per heavy atom. The van der Waals surface area contributed by atoms with E-state index in [2.05, 4.69) is 0 Å². The van der Waals surface area contributed by atoms with Crippen molar-refractivity contribution in [2.45, 2.75) is 31.7 Å². The summed E-state index contributed by atoms with van der Waals surface area (Å²) >= 11 is 0. The van der Waals surface area contributed by atoms with Crippen molar-refractivity contribution in [3.63, 3.8) is 0 Å². The largest absolute Gasteiger partial charge is 0.480 e. The second-order valence-electron chi connectivity index (χ2n) is 2.92. The highest BCUT2D eigenvalue weighted by Gasteiger charge is 2.13. The van der Waals surface area contributed by atoms with Crippen LogP contribution in [0.15, 0.2) is 0 Å². The van der Waals surface area contributed by atoms with Crippen molar-refractivity contribution in [1.82, 2.24) is 0 Å². The number of unbranched alkanes of at least 4 members (excludes halogenated alkanes) is 1. The Labute approximate surface area is 80.7 Å². The minimum absolute atomic E-state index is 0.0678. The zero-order chi connectivity index (χ0) is 11.1. The summed E-state index contributed by atoms with van der Waals surface area (Å²) in [5, 5.41) is 16.6. The molecule has 0 aliphatic carbocycles. The minimum atomic E-state index is -1.45. The monoisotopic (exact) mass is 203 g/mol. The molecule has 0 fully saturated rings. The van der Waals surface area contributed by atoms with Gasteiger partial charge in [0.2, 0.25) is 5.78 Å². The van der Waals surface area contributed by atoms with Crippen molar-refractivity contribution in [3.05, 3.63) is 0 Å². The van der Waals surface area contributed by atoms with Crippen LogP contribution in [0.5, 0.6) is 0 Å². The normalized spacial score (nSPS) is 12.1. The van der Waals surface area contributed by atoms with Crippen LogP contribution in [0.4, 0.5) is 0 Å². The fraction of sp³-hybridized carbons (Fsp3) is 0.625. The highest BCUT2D eigenvalue weighted by Crippen LogP contribution is 2.03. The summed E-state index contributed by atoms with van der Waals surface area (Å²) in [7, 11) is 0. The first-order valence-corrected chi connectivity index (χ1v) is 4.19. The number of ketones is 1. The average molecular weight is 203 g/mol. The first kappa shape index (κ1) is 12.6. The molecule has 1 atom stereocenters. The molecule has 0 heterocycles. The van der Waals surface area contributed by atoms with Crippen molar-refractivity contribution in [1.29, 1.82) is 0 Å². The Hall–Kier alpha value is -1.43. The number of hydrogen-bond donors (Lipinski definition) is 3. The number of carboxylic acids is 2. The van der Waals surface area contributed by atoms with E-state index in [1.165, 1.54) is 0 Å². The van der Waals surface area contributed by atoms with Gasteiger partial charge in [-0.15, -0.1) is 0 Å². The van der Waals surface area contributed by atoms with Crippen LogP contribution in [0.1, 0.15) is 25.7 Å². The van der Waals surface area contributed by atoms with E-state index >= 15 is 0 Å². The van der Waals surface area contributed by atoms with E-state index in [0.717, 1.165) is 0 Å². The Bertz CT molecular complexity index is 238. The molecular formula is C8H13NO5. The van der Waals surface area contributed by atoms with Gasteiger partial charge in [-0.3, -0.25) is 9.59 Å². The van der Waals surface area contributed by atoms with Crippen LogP contribution >= 0.6 is 0 Å². The lowest BCUT2D eigenvalue weighted by Crippen LogP contribution is -2.29. The van der Waals surface area contributed by atoms with Crippen molar-refractivity contribution >= 4 is 17.7 Å². The van der Waals surface area contributed by atoms with E-state index in [0.29, 0.717) is 12.8 Å². The SMILES string of the molecule is NC(CCCCC(=O)C(=O)O)C(=O)O. The molecule has 0 saturated heterocycles. The Morgan fingerprint density at radius 2 is 1.71 bits per heavy atom. The van der Waals surface area contributed by atoms with Crippen LogP contribution < -0.4 is 5.73 Å². The summed E-state index contributed by atoms with van der Waals surface area (Å²) in [5.74, 6) is -3.39. The first-order chi connectivity index (χ1) is 6.45. The molecule has 14 heavy (non-hydrogen) atoms. The summed E-state index contributed by atoms with van der Waals surface area (Å²) < 4.78 is 0. The van der Waals surface area contributed by atoms with E-state index in [9.17, 15) is 14.4 Å². The minimum Gasteiger partial charge on any atom is -0.480 e. The lowest BCUT2D eigenvalue weighted by molar-refractivity contribution is -0.149. The number of Topliss-reactive ketones (excluding diaryl/α,β-unsaturated/α-hetero) is 1.